The van der Waals surface area contributed by atoms with Crippen LogP contribution >= 0.6 is 0 Å². The highest BCUT2D eigenvalue weighted by atomic mass is 16.6. The first-order valence-electron chi connectivity index (χ1n) is 13.9. The number of carbonyl (C=O) groups excluding carboxylic acids is 3. The predicted molar refractivity (Wildman–Crippen MR) is 146 cm³/mol. The van der Waals surface area contributed by atoms with E-state index in [4.69, 9.17) is 9.47 Å². The molecular weight excluding hydrogens is 508 g/mol. The maximum absolute atomic E-state index is 14.6. The van der Waals surface area contributed by atoms with Crippen LogP contribution in [0.1, 0.15) is 36.9 Å². The molecule has 4 aliphatic rings. The number of benzene rings is 2. The van der Waals surface area contributed by atoms with Crippen molar-refractivity contribution >= 4 is 17.8 Å². The van der Waals surface area contributed by atoms with E-state index in [2.05, 4.69) is 0 Å². The summed E-state index contributed by atoms with van der Waals surface area (Å²) in [7, 11) is 0. The van der Waals surface area contributed by atoms with Gasteiger partial charge in [-0.15, -0.1) is 0 Å². The van der Waals surface area contributed by atoms with Gasteiger partial charge in [0.2, 0.25) is 11.8 Å². The number of fused-ring (bicyclic) bond motifs is 2. The summed E-state index contributed by atoms with van der Waals surface area (Å²) in [5.74, 6) is -3.13. The van der Waals surface area contributed by atoms with Crippen molar-refractivity contribution in [2.24, 2.45) is 11.8 Å². The van der Waals surface area contributed by atoms with Gasteiger partial charge >= 0.3 is 5.97 Å². The summed E-state index contributed by atoms with van der Waals surface area (Å²) >= 11 is 0. The third kappa shape index (κ3) is 4.17. The van der Waals surface area contributed by atoms with Crippen molar-refractivity contribution in [1.82, 2.24) is 9.80 Å². The van der Waals surface area contributed by atoms with Crippen molar-refractivity contribution in [3.8, 4) is 0 Å². The van der Waals surface area contributed by atoms with Gasteiger partial charge in [-0.25, -0.2) is 0 Å². The number of cyclic esters (lactones) is 1. The molecule has 2 aromatic carbocycles. The predicted octanol–water partition coefficient (Wildman–Crippen LogP) is 3.18. The number of allylic oxidation sites excluding steroid dienone is 1. The molecular formula is C32H34N2O6. The molecule has 2 fully saturated rings. The van der Waals surface area contributed by atoms with Crippen LogP contribution in [0.15, 0.2) is 85.0 Å². The van der Waals surface area contributed by atoms with E-state index in [0.717, 1.165) is 5.56 Å². The Morgan fingerprint density at radius 2 is 1.68 bits per heavy atom. The molecule has 2 amide bonds. The Bertz CT molecular complexity index is 1340. The molecule has 6 atom stereocenters. The molecule has 0 aliphatic carbocycles. The number of nitrogens with zero attached hydrogens (tertiary/aromatic N) is 2. The van der Waals surface area contributed by atoms with Crippen LogP contribution in [0.4, 0.5) is 0 Å². The minimum atomic E-state index is -1.41. The van der Waals surface area contributed by atoms with Gasteiger partial charge in [-0.2, -0.15) is 0 Å². The standard InChI is InChI=1S/C32H34N2O6/c1-31-16-9-4-10-19-39-30(38)26(31)25-28(36)34(24(21-35)23-14-7-3-8-15-23)27-29(37)33(18-11-17-32(25,27)40-31)20-22-12-5-2-6-13-22/h2-3,5-9,11-17,24-27,35H,4,10,18-21H2,1H3/b16-9-/t24-,25+,26+,27?,31-,32+/m1/s1. The Morgan fingerprint density at radius 1 is 0.950 bits per heavy atom. The minimum Gasteiger partial charge on any atom is -0.465 e. The van der Waals surface area contributed by atoms with Crippen molar-refractivity contribution in [2.45, 2.75) is 49.6 Å². The summed E-state index contributed by atoms with van der Waals surface area (Å²) in [5.41, 5.74) is -0.904. The van der Waals surface area contributed by atoms with Crippen LogP contribution in [0.5, 0.6) is 0 Å². The van der Waals surface area contributed by atoms with Crippen LogP contribution in [0.2, 0.25) is 0 Å². The number of aliphatic hydroxyl groups is 1. The fourth-order valence-corrected chi connectivity index (χ4v) is 6.93. The molecule has 208 valence electrons. The van der Waals surface area contributed by atoms with Gasteiger partial charge in [-0.3, -0.25) is 14.4 Å². The zero-order valence-electron chi connectivity index (χ0n) is 22.5. The second-order valence-corrected chi connectivity index (χ2v) is 11.2. The van der Waals surface area contributed by atoms with E-state index in [0.29, 0.717) is 31.5 Å². The van der Waals surface area contributed by atoms with E-state index in [-0.39, 0.29) is 12.5 Å². The lowest BCUT2D eigenvalue weighted by Gasteiger charge is -2.40. The van der Waals surface area contributed by atoms with Crippen molar-refractivity contribution in [1.29, 1.82) is 0 Å². The van der Waals surface area contributed by atoms with Gasteiger partial charge in [0, 0.05) is 13.1 Å². The van der Waals surface area contributed by atoms with Crippen LogP contribution in [-0.2, 0) is 30.4 Å². The molecule has 2 saturated heterocycles. The van der Waals surface area contributed by atoms with E-state index in [1.165, 1.54) is 4.90 Å². The Hall–Kier alpha value is -3.75. The van der Waals surface area contributed by atoms with Gasteiger partial charge in [0.05, 0.1) is 30.8 Å². The number of likely N-dealkylation sites (tertiary alicyclic amines) is 1. The average Bonchev–Trinajstić information content (AvgIpc) is 3.32. The van der Waals surface area contributed by atoms with E-state index in [1.807, 2.05) is 85.0 Å². The fraction of sp³-hybridized carbons (Fsp3) is 0.406. The van der Waals surface area contributed by atoms with E-state index < -0.39 is 53.6 Å². The Kier molecular flexibility index (Phi) is 6.84. The molecule has 6 rings (SSSR count). The maximum atomic E-state index is 14.6. The third-order valence-electron chi connectivity index (χ3n) is 8.68. The number of hydrogen-bond acceptors (Lipinski definition) is 6. The zero-order chi connectivity index (χ0) is 27.9. The number of esters is 1. The highest BCUT2D eigenvalue weighted by molar-refractivity contribution is 5.99. The summed E-state index contributed by atoms with van der Waals surface area (Å²) in [6, 6.07) is 17.0. The first-order valence-corrected chi connectivity index (χ1v) is 13.9. The normalized spacial score (nSPS) is 33.1. The Labute approximate surface area is 233 Å². The SMILES string of the molecule is C[C@@]12/C=C\CCCOC(=O)[C@@H]1[C@H]1C(=O)N([C@H](CO)c3ccccc3)C3C(=O)N(Cc4ccccc4)CC=C[C@@]31O2. The third-order valence-corrected chi connectivity index (χ3v) is 8.68. The molecule has 40 heavy (non-hydrogen) atoms. The molecule has 2 aromatic rings. The number of carbonyl (C=O) groups is 3. The van der Waals surface area contributed by atoms with Gasteiger partial charge in [0.25, 0.3) is 0 Å². The van der Waals surface area contributed by atoms with Gasteiger partial charge in [0.15, 0.2) is 0 Å². The molecule has 1 unspecified atom stereocenters. The molecule has 4 heterocycles. The largest absolute Gasteiger partial charge is 0.465 e. The quantitative estimate of drug-likeness (QED) is 0.461. The molecule has 0 radical (unpaired) electrons. The molecule has 1 N–H and O–H groups in total. The summed E-state index contributed by atoms with van der Waals surface area (Å²) in [6.45, 7) is 2.33. The highest BCUT2D eigenvalue weighted by Gasteiger charge is 2.75. The van der Waals surface area contributed by atoms with Crippen molar-refractivity contribution in [2.75, 3.05) is 19.8 Å². The molecule has 8 heteroatoms. The van der Waals surface area contributed by atoms with Crippen LogP contribution in [0.3, 0.4) is 0 Å². The molecule has 0 aromatic heterocycles. The number of hydrogen-bond donors (Lipinski definition) is 1. The monoisotopic (exact) mass is 542 g/mol. The van der Waals surface area contributed by atoms with Gasteiger partial charge in [-0.1, -0.05) is 85.0 Å². The molecule has 0 bridgehead atoms. The van der Waals surface area contributed by atoms with Gasteiger partial charge in [0.1, 0.15) is 17.6 Å². The Morgan fingerprint density at radius 3 is 2.40 bits per heavy atom. The van der Waals surface area contributed by atoms with Gasteiger partial charge < -0.3 is 24.4 Å². The second-order valence-electron chi connectivity index (χ2n) is 11.2. The van der Waals surface area contributed by atoms with Crippen LogP contribution in [0.25, 0.3) is 0 Å². The topological polar surface area (TPSA) is 96.4 Å². The zero-order valence-corrected chi connectivity index (χ0v) is 22.5. The number of rotatable bonds is 5. The van der Waals surface area contributed by atoms with Crippen molar-refractivity contribution in [3.05, 3.63) is 96.1 Å². The molecule has 4 aliphatic heterocycles. The lowest BCUT2D eigenvalue weighted by atomic mass is 9.74. The van der Waals surface area contributed by atoms with Crippen molar-refractivity contribution in [3.63, 3.8) is 0 Å². The first kappa shape index (κ1) is 26.5. The second kappa shape index (κ2) is 10.3. The average molecular weight is 543 g/mol. The first-order chi connectivity index (χ1) is 19.4. The molecule has 1 spiro atoms. The van der Waals surface area contributed by atoms with Crippen LogP contribution < -0.4 is 0 Å². The summed E-state index contributed by atoms with van der Waals surface area (Å²) < 4.78 is 12.5. The summed E-state index contributed by atoms with van der Waals surface area (Å²) in [5, 5.41) is 10.6. The van der Waals surface area contributed by atoms with E-state index in [9.17, 15) is 19.5 Å². The smallest absolute Gasteiger partial charge is 0.313 e. The summed E-state index contributed by atoms with van der Waals surface area (Å²) in [4.78, 5) is 45.9. The van der Waals surface area contributed by atoms with E-state index >= 15 is 0 Å². The lowest BCUT2D eigenvalue weighted by Crippen LogP contribution is -2.56. The van der Waals surface area contributed by atoms with Crippen molar-refractivity contribution < 1.29 is 29.0 Å². The van der Waals surface area contributed by atoms with Gasteiger partial charge in [-0.05, 0) is 30.9 Å². The number of amides is 2. The molecule has 0 saturated carbocycles. The maximum Gasteiger partial charge on any atom is 0.313 e. The van der Waals surface area contributed by atoms with Crippen LogP contribution in [-0.4, -0.2) is 69.7 Å². The lowest BCUT2D eigenvalue weighted by molar-refractivity contribution is -0.161. The highest BCUT2D eigenvalue weighted by Crippen LogP contribution is 2.58. The number of ether oxygens (including phenoxy) is 2. The minimum absolute atomic E-state index is 0.250. The summed E-state index contributed by atoms with van der Waals surface area (Å²) in [6.07, 6.45) is 8.89. The Balaban J connectivity index is 1.50. The van der Waals surface area contributed by atoms with E-state index in [1.54, 1.807) is 11.8 Å². The fourth-order valence-electron chi connectivity index (χ4n) is 6.93. The number of aliphatic hydroxyl groups excluding tert-OH is 1. The molecule has 8 nitrogen and oxygen atoms in total. The van der Waals surface area contributed by atoms with Crippen LogP contribution in [0, 0.1) is 11.8 Å².